The summed E-state index contributed by atoms with van der Waals surface area (Å²) in [7, 11) is 4.61. The van der Waals surface area contributed by atoms with Crippen molar-refractivity contribution in [2.24, 2.45) is 0 Å². The smallest absolute Gasteiger partial charge is 0.254 e. The minimum atomic E-state index is -0.556. The van der Waals surface area contributed by atoms with Crippen LogP contribution in [0.1, 0.15) is 22.0 Å². The number of carbonyl (C=O) groups excluding carboxylic acids is 1. The van der Waals surface area contributed by atoms with Crippen molar-refractivity contribution in [1.29, 1.82) is 0 Å². The first-order valence-corrected chi connectivity index (χ1v) is 8.88. The second-order valence-corrected chi connectivity index (χ2v) is 6.24. The molecule has 0 saturated carbocycles. The van der Waals surface area contributed by atoms with Gasteiger partial charge >= 0.3 is 0 Å². The fourth-order valence-electron chi connectivity index (χ4n) is 3.37. The number of rotatable bonds is 6. The Balaban J connectivity index is 2.00. The zero-order chi connectivity index (χ0) is 20.1. The third-order valence-electron chi connectivity index (χ3n) is 4.73. The SMILES string of the molecule is COc1cc(C(=O)N2CCO[C@H](CO)[C@H]2c2ccc(OC)c(OC)c2)ccn1. The van der Waals surface area contributed by atoms with Crippen molar-refractivity contribution in [2.75, 3.05) is 41.1 Å². The maximum Gasteiger partial charge on any atom is 0.254 e. The van der Waals surface area contributed by atoms with Gasteiger partial charge in [0.2, 0.25) is 5.88 Å². The molecule has 0 unspecified atom stereocenters. The van der Waals surface area contributed by atoms with Gasteiger partial charge in [-0.3, -0.25) is 4.79 Å². The number of amides is 1. The standard InChI is InChI=1S/C20H24N2O6/c1-25-15-5-4-13(10-16(15)26-2)19-17(12-23)28-9-8-22(19)20(24)14-6-7-21-18(11-14)27-3/h4-7,10-11,17,19,23H,8-9,12H2,1-3H3/t17-,19-/m1/s1. The number of aliphatic hydroxyl groups is 1. The van der Waals surface area contributed by atoms with Crippen molar-refractivity contribution in [3.8, 4) is 17.4 Å². The molecule has 1 saturated heterocycles. The van der Waals surface area contributed by atoms with Crippen LogP contribution in [0.4, 0.5) is 0 Å². The van der Waals surface area contributed by atoms with Gasteiger partial charge in [-0.05, 0) is 23.8 Å². The van der Waals surface area contributed by atoms with E-state index in [0.717, 1.165) is 5.56 Å². The monoisotopic (exact) mass is 388 g/mol. The first-order chi connectivity index (χ1) is 13.6. The molecular weight excluding hydrogens is 364 g/mol. The van der Waals surface area contributed by atoms with Crippen LogP contribution >= 0.6 is 0 Å². The number of methoxy groups -OCH3 is 3. The Morgan fingerprint density at radius 1 is 1.18 bits per heavy atom. The molecule has 8 heteroatoms. The van der Waals surface area contributed by atoms with E-state index in [0.29, 0.717) is 36.1 Å². The van der Waals surface area contributed by atoms with Gasteiger partial charge in [0, 0.05) is 24.4 Å². The predicted molar refractivity (Wildman–Crippen MR) is 101 cm³/mol. The fraction of sp³-hybridized carbons (Fsp3) is 0.400. The van der Waals surface area contributed by atoms with E-state index in [4.69, 9.17) is 18.9 Å². The number of benzene rings is 1. The largest absolute Gasteiger partial charge is 0.493 e. The van der Waals surface area contributed by atoms with E-state index in [-0.39, 0.29) is 12.5 Å². The Morgan fingerprint density at radius 2 is 1.96 bits per heavy atom. The minimum absolute atomic E-state index is 0.192. The maximum absolute atomic E-state index is 13.2. The highest BCUT2D eigenvalue weighted by atomic mass is 16.5. The summed E-state index contributed by atoms with van der Waals surface area (Å²) in [6.07, 6.45) is 0.973. The van der Waals surface area contributed by atoms with E-state index >= 15 is 0 Å². The summed E-state index contributed by atoms with van der Waals surface area (Å²) in [6, 6.07) is 8.17. The topological polar surface area (TPSA) is 90.4 Å². The lowest BCUT2D eigenvalue weighted by Gasteiger charge is -2.41. The van der Waals surface area contributed by atoms with Crippen molar-refractivity contribution in [3.05, 3.63) is 47.7 Å². The Bertz CT molecular complexity index is 828. The quantitative estimate of drug-likeness (QED) is 0.805. The number of aromatic nitrogens is 1. The number of ether oxygens (including phenoxy) is 4. The van der Waals surface area contributed by atoms with E-state index in [1.807, 2.05) is 6.07 Å². The van der Waals surface area contributed by atoms with Crippen LogP contribution in [-0.2, 0) is 4.74 Å². The van der Waals surface area contributed by atoms with Crippen molar-refractivity contribution >= 4 is 5.91 Å². The van der Waals surface area contributed by atoms with Crippen LogP contribution in [-0.4, -0.2) is 68.1 Å². The second kappa shape index (κ2) is 8.90. The van der Waals surface area contributed by atoms with E-state index in [9.17, 15) is 9.90 Å². The lowest BCUT2D eigenvalue weighted by molar-refractivity contribution is -0.0811. The van der Waals surface area contributed by atoms with Crippen molar-refractivity contribution in [3.63, 3.8) is 0 Å². The highest BCUT2D eigenvalue weighted by molar-refractivity contribution is 5.94. The molecule has 150 valence electrons. The summed E-state index contributed by atoms with van der Waals surface area (Å²) in [5.41, 5.74) is 1.24. The van der Waals surface area contributed by atoms with Crippen LogP contribution in [0.15, 0.2) is 36.5 Å². The van der Waals surface area contributed by atoms with E-state index in [1.54, 1.807) is 43.4 Å². The highest BCUT2D eigenvalue weighted by Gasteiger charge is 2.37. The van der Waals surface area contributed by atoms with Crippen molar-refractivity contribution in [1.82, 2.24) is 9.88 Å². The number of aliphatic hydroxyl groups excluding tert-OH is 1. The van der Waals surface area contributed by atoms with E-state index in [2.05, 4.69) is 4.98 Å². The van der Waals surface area contributed by atoms with Crippen molar-refractivity contribution < 1.29 is 28.8 Å². The Morgan fingerprint density at radius 3 is 2.64 bits per heavy atom. The number of hydrogen-bond acceptors (Lipinski definition) is 7. The molecule has 0 bridgehead atoms. The van der Waals surface area contributed by atoms with E-state index < -0.39 is 12.1 Å². The number of hydrogen-bond donors (Lipinski definition) is 1. The molecule has 2 atom stereocenters. The van der Waals surface area contributed by atoms with Crippen LogP contribution < -0.4 is 14.2 Å². The van der Waals surface area contributed by atoms with Gasteiger partial charge in [-0.25, -0.2) is 4.98 Å². The summed E-state index contributed by atoms with van der Waals surface area (Å²) < 4.78 is 21.5. The predicted octanol–water partition coefficient (Wildman–Crippen LogP) is 1.68. The van der Waals surface area contributed by atoms with Crippen LogP contribution in [0.5, 0.6) is 17.4 Å². The Hall–Kier alpha value is -2.84. The Kier molecular flexibility index (Phi) is 6.33. The summed E-state index contributed by atoms with van der Waals surface area (Å²) in [5.74, 6) is 1.29. The first kappa shape index (κ1) is 19.9. The van der Waals surface area contributed by atoms with Crippen LogP contribution in [0.25, 0.3) is 0 Å². The minimum Gasteiger partial charge on any atom is -0.493 e. The number of carbonyl (C=O) groups is 1. The van der Waals surface area contributed by atoms with Crippen molar-refractivity contribution in [2.45, 2.75) is 12.1 Å². The van der Waals surface area contributed by atoms with Gasteiger partial charge in [-0.2, -0.15) is 0 Å². The molecule has 1 aromatic carbocycles. The lowest BCUT2D eigenvalue weighted by Crippen LogP contribution is -2.49. The molecule has 1 fully saturated rings. The molecule has 28 heavy (non-hydrogen) atoms. The number of morpholine rings is 1. The first-order valence-electron chi connectivity index (χ1n) is 8.88. The molecule has 1 aliphatic rings. The van der Waals surface area contributed by atoms with E-state index in [1.165, 1.54) is 13.3 Å². The molecule has 1 aliphatic heterocycles. The van der Waals surface area contributed by atoms with Crippen LogP contribution in [0.2, 0.25) is 0 Å². The maximum atomic E-state index is 13.2. The third kappa shape index (κ3) is 3.88. The van der Waals surface area contributed by atoms with Gasteiger partial charge in [0.15, 0.2) is 11.5 Å². The number of nitrogens with zero attached hydrogens (tertiary/aromatic N) is 2. The summed E-state index contributed by atoms with van der Waals surface area (Å²) >= 11 is 0. The average Bonchev–Trinajstić information content (AvgIpc) is 2.77. The molecule has 2 heterocycles. The normalized spacial score (nSPS) is 19.2. The van der Waals surface area contributed by atoms with Gasteiger partial charge in [0.1, 0.15) is 6.10 Å². The third-order valence-corrected chi connectivity index (χ3v) is 4.73. The molecule has 3 rings (SSSR count). The summed E-state index contributed by atoms with van der Waals surface area (Å²) in [6.45, 7) is 0.504. The van der Waals surface area contributed by atoms with Gasteiger partial charge < -0.3 is 29.0 Å². The molecule has 1 amide bonds. The number of pyridine rings is 1. The fourth-order valence-corrected chi connectivity index (χ4v) is 3.37. The van der Waals surface area contributed by atoms with Gasteiger partial charge in [0.05, 0.1) is 40.6 Å². The molecular formula is C20H24N2O6. The average molecular weight is 388 g/mol. The van der Waals surface area contributed by atoms with Gasteiger partial charge in [-0.1, -0.05) is 6.07 Å². The van der Waals surface area contributed by atoms with Gasteiger partial charge in [-0.15, -0.1) is 0 Å². The zero-order valence-electron chi connectivity index (χ0n) is 16.1. The highest BCUT2D eigenvalue weighted by Crippen LogP contribution is 2.36. The van der Waals surface area contributed by atoms with Crippen LogP contribution in [0, 0.1) is 0 Å². The molecule has 0 radical (unpaired) electrons. The van der Waals surface area contributed by atoms with Crippen LogP contribution in [0.3, 0.4) is 0 Å². The molecule has 0 aliphatic carbocycles. The lowest BCUT2D eigenvalue weighted by atomic mass is 9.97. The molecule has 1 aromatic heterocycles. The Labute approximate surface area is 163 Å². The zero-order valence-corrected chi connectivity index (χ0v) is 16.1. The summed E-state index contributed by atoms with van der Waals surface area (Å²) in [5, 5.41) is 9.85. The second-order valence-electron chi connectivity index (χ2n) is 6.24. The molecule has 8 nitrogen and oxygen atoms in total. The van der Waals surface area contributed by atoms with Gasteiger partial charge in [0.25, 0.3) is 5.91 Å². The summed E-state index contributed by atoms with van der Waals surface area (Å²) in [4.78, 5) is 19.0. The molecule has 1 N–H and O–H groups in total. The molecule has 2 aromatic rings. The molecule has 0 spiro atoms.